The van der Waals surface area contributed by atoms with E-state index in [1.807, 2.05) is 0 Å². The Kier molecular flexibility index (Phi) is 3.08. The van der Waals surface area contributed by atoms with Gasteiger partial charge in [0.1, 0.15) is 0 Å². The predicted octanol–water partition coefficient (Wildman–Crippen LogP) is 1.74. The Morgan fingerprint density at radius 2 is 2.00 bits per heavy atom. The lowest BCUT2D eigenvalue weighted by Crippen LogP contribution is -2.35. The van der Waals surface area contributed by atoms with Crippen LogP contribution < -0.4 is 5.73 Å². The monoisotopic (exact) mass is 204 g/mol. The van der Waals surface area contributed by atoms with Gasteiger partial charge in [-0.15, -0.1) is 0 Å². The van der Waals surface area contributed by atoms with Crippen molar-refractivity contribution in [1.82, 2.24) is 4.90 Å². The van der Waals surface area contributed by atoms with E-state index in [0.717, 1.165) is 6.54 Å². The first-order valence-electron chi connectivity index (χ1n) is 5.69. The Morgan fingerprint density at radius 3 is 2.60 bits per heavy atom. The van der Waals surface area contributed by atoms with Gasteiger partial charge in [0.05, 0.1) is 0 Å². The van der Waals surface area contributed by atoms with Gasteiger partial charge in [-0.05, 0) is 32.5 Å². The molecule has 2 N–H and O–H groups in total. The van der Waals surface area contributed by atoms with Crippen molar-refractivity contribution >= 4 is 0 Å². The van der Waals surface area contributed by atoms with E-state index in [1.165, 1.54) is 24.1 Å². The fourth-order valence-corrected chi connectivity index (χ4v) is 2.55. The number of nitrogens with two attached hydrogens (primary N) is 1. The Morgan fingerprint density at radius 1 is 1.33 bits per heavy atom. The SMILES string of the molecule is Cc1ccc(C2CCN(C)C2CN)cc1. The quantitative estimate of drug-likeness (QED) is 0.795. The maximum Gasteiger partial charge on any atom is 0.0284 e. The number of rotatable bonds is 2. The van der Waals surface area contributed by atoms with E-state index in [4.69, 9.17) is 5.73 Å². The average molecular weight is 204 g/mol. The lowest BCUT2D eigenvalue weighted by molar-refractivity contribution is 0.304. The first-order chi connectivity index (χ1) is 7.22. The molecule has 0 bridgehead atoms. The molecule has 0 amide bonds. The minimum atomic E-state index is 0.521. The summed E-state index contributed by atoms with van der Waals surface area (Å²) in [5, 5.41) is 0. The van der Waals surface area contributed by atoms with Crippen LogP contribution in [0.25, 0.3) is 0 Å². The fraction of sp³-hybridized carbons (Fsp3) is 0.538. The molecule has 1 saturated heterocycles. The number of benzene rings is 1. The number of hydrogen-bond donors (Lipinski definition) is 1. The highest BCUT2D eigenvalue weighted by Crippen LogP contribution is 2.31. The molecule has 1 aromatic rings. The first-order valence-corrected chi connectivity index (χ1v) is 5.69. The van der Waals surface area contributed by atoms with Crippen molar-refractivity contribution in [2.45, 2.75) is 25.3 Å². The standard InChI is InChI=1S/C13H20N2/c1-10-3-5-11(6-4-10)12-7-8-15(2)13(12)9-14/h3-6,12-13H,7-9,14H2,1-2H3. The van der Waals surface area contributed by atoms with Crippen molar-refractivity contribution in [2.24, 2.45) is 5.73 Å². The lowest BCUT2D eigenvalue weighted by Gasteiger charge is -2.23. The van der Waals surface area contributed by atoms with Gasteiger partial charge in [0.15, 0.2) is 0 Å². The molecule has 15 heavy (non-hydrogen) atoms. The van der Waals surface area contributed by atoms with Gasteiger partial charge in [0.25, 0.3) is 0 Å². The van der Waals surface area contributed by atoms with Crippen LogP contribution in [0.15, 0.2) is 24.3 Å². The van der Waals surface area contributed by atoms with Crippen LogP contribution >= 0.6 is 0 Å². The number of aryl methyl sites for hydroxylation is 1. The Labute approximate surface area is 92.1 Å². The summed E-state index contributed by atoms with van der Waals surface area (Å²) in [4.78, 5) is 2.38. The molecular formula is C13H20N2. The van der Waals surface area contributed by atoms with Gasteiger partial charge in [-0.1, -0.05) is 29.8 Å². The third-order valence-electron chi connectivity index (χ3n) is 3.57. The van der Waals surface area contributed by atoms with Crippen molar-refractivity contribution < 1.29 is 0 Å². The highest BCUT2D eigenvalue weighted by Gasteiger charge is 2.31. The summed E-state index contributed by atoms with van der Waals surface area (Å²) in [7, 11) is 2.17. The molecule has 82 valence electrons. The maximum atomic E-state index is 5.84. The molecule has 1 heterocycles. The second kappa shape index (κ2) is 4.33. The second-order valence-electron chi connectivity index (χ2n) is 4.59. The van der Waals surface area contributed by atoms with Crippen molar-refractivity contribution in [1.29, 1.82) is 0 Å². The molecule has 2 rings (SSSR count). The van der Waals surface area contributed by atoms with Crippen LogP contribution in [0.2, 0.25) is 0 Å². The molecule has 0 saturated carbocycles. The van der Waals surface area contributed by atoms with Crippen LogP contribution in [0.5, 0.6) is 0 Å². The Balaban J connectivity index is 2.20. The number of hydrogen-bond acceptors (Lipinski definition) is 2. The highest BCUT2D eigenvalue weighted by molar-refractivity contribution is 5.26. The van der Waals surface area contributed by atoms with Gasteiger partial charge >= 0.3 is 0 Å². The van der Waals surface area contributed by atoms with E-state index in [0.29, 0.717) is 12.0 Å². The minimum Gasteiger partial charge on any atom is -0.329 e. The minimum absolute atomic E-state index is 0.521. The van der Waals surface area contributed by atoms with Gasteiger partial charge in [0, 0.05) is 18.5 Å². The van der Waals surface area contributed by atoms with E-state index < -0.39 is 0 Å². The van der Waals surface area contributed by atoms with Crippen molar-refractivity contribution in [3.8, 4) is 0 Å². The molecule has 1 fully saturated rings. The largest absolute Gasteiger partial charge is 0.329 e. The first kappa shape index (κ1) is 10.7. The molecule has 0 spiro atoms. The fourth-order valence-electron chi connectivity index (χ4n) is 2.55. The smallest absolute Gasteiger partial charge is 0.0284 e. The average Bonchev–Trinajstić information content (AvgIpc) is 2.61. The molecule has 2 heteroatoms. The molecule has 0 aliphatic carbocycles. The summed E-state index contributed by atoms with van der Waals surface area (Å²) >= 11 is 0. The maximum absolute atomic E-state index is 5.84. The number of nitrogens with zero attached hydrogens (tertiary/aromatic N) is 1. The third-order valence-corrected chi connectivity index (χ3v) is 3.57. The van der Waals surface area contributed by atoms with Crippen molar-refractivity contribution in [3.05, 3.63) is 35.4 Å². The Bertz CT molecular complexity index is 318. The van der Waals surface area contributed by atoms with Crippen LogP contribution in [-0.2, 0) is 0 Å². The van der Waals surface area contributed by atoms with Gasteiger partial charge in [-0.25, -0.2) is 0 Å². The molecular weight excluding hydrogens is 184 g/mol. The summed E-state index contributed by atoms with van der Waals surface area (Å²) < 4.78 is 0. The zero-order chi connectivity index (χ0) is 10.8. The van der Waals surface area contributed by atoms with E-state index in [-0.39, 0.29) is 0 Å². The summed E-state index contributed by atoms with van der Waals surface area (Å²) in [6.07, 6.45) is 1.24. The second-order valence-corrected chi connectivity index (χ2v) is 4.59. The van der Waals surface area contributed by atoms with E-state index in [2.05, 4.69) is 43.1 Å². The lowest BCUT2D eigenvalue weighted by atomic mass is 9.91. The summed E-state index contributed by atoms with van der Waals surface area (Å²) in [6, 6.07) is 9.42. The molecule has 1 aromatic carbocycles. The van der Waals surface area contributed by atoms with E-state index in [1.54, 1.807) is 0 Å². The summed E-state index contributed by atoms with van der Waals surface area (Å²) in [5.41, 5.74) is 8.61. The van der Waals surface area contributed by atoms with Gasteiger partial charge in [-0.3, -0.25) is 0 Å². The zero-order valence-corrected chi connectivity index (χ0v) is 9.61. The van der Waals surface area contributed by atoms with Gasteiger partial charge in [0.2, 0.25) is 0 Å². The van der Waals surface area contributed by atoms with Gasteiger partial charge in [-0.2, -0.15) is 0 Å². The van der Waals surface area contributed by atoms with Gasteiger partial charge < -0.3 is 10.6 Å². The molecule has 0 aromatic heterocycles. The van der Waals surface area contributed by atoms with Crippen molar-refractivity contribution in [3.63, 3.8) is 0 Å². The number of likely N-dealkylation sites (tertiary alicyclic amines) is 1. The zero-order valence-electron chi connectivity index (χ0n) is 9.61. The summed E-state index contributed by atoms with van der Waals surface area (Å²) in [5.74, 6) is 0.626. The van der Waals surface area contributed by atoms with Crippen molar-refractivity contribution in [2.75, 3.05) is 20.1 Å². The van der Waals surface area contributed by atoms with E-state index in [9.17, 15) is 0 Å². The number of likely N-dealkylation sites (N-methyl/N-ethyl adjacent to an activating group) is 1. The molecule has 2 nitrogen and oxygen atoms in total. The molecule has 2 unspecified atom stereocenters. The Hall–Kier alpha value is -0.860. The highest BCUT2D eigenvalue weighted by atomic mass is 15.2. The van der Waals surface area contributed by atoms with Crippen LogP contribution in [0.1, 0.15) is 23.5 Å². The van der Waals surface area contributed by atoms with Crippen LogP contribution in [0, 0.1) is 6.92 Å². The van der Waals surface area contributed by atoms with Crippen LogP contribution in [-0.4, -0.2) is 31.1 Å². The van der Waals surface area contributed by atoms with Crippen LogP contribution in [0.4, 0.5) is 0 Å². The molecule has 2 atom stereocenters. The van der Waals surface area contributed by atoms with E-state index >= 15 is 0 Å². The molecule has 0 radical (unpaired) electrons. The molecule has 1 aliphatic heterocycles. The normalized spacial score (nSPS) is 27.1. The third kappa shape index (κ3) is 2.06. The molecule has 1 aliphatic rings. The summed E-state index contributed by atoms with van der Waals surface area (Å²) in [6.45, 7) is 4.06. The topological polar surface area (TPSA) is 29.3 Å². The predicted molar refractivity (Wildman–Crippen MR) is 64.0 cm³/mol. The van der Waals surface area contributed by atoms with Crippen LogP contribution in [0.3, 0.4) is 0 Å².